The van der Waals surface area contributed by atoms with E-state index in [0.717, 1.165) is 18.5 Å². The molecule has 20 heavy (non-hydrogen) atoms. The predicted molar refractivity (Wildman–Crippen MR) is 81.7 cm³/mol. The lowest BCUT2D eigenvalue weighted by molar-refractivity contribution is 0.125. The van der Waals surface area contributed by atoms with Crippen molar-refractivity contribution in [3.05, 3.63) is 22.7 Å². The SMILES string of the molecule is COc1ccc(C2C(CN)CCCN2C)c(Cl)c1OC. The van der Waals surface area contributed by atoms with Crippen LogP contribution in [0.2, 0.25) is 5.02 Å². The Bertz CT molecular complexity index is 467. The number of piperidine rings is 1. The number of nitrogens with two attached hydrogens (primary N) is 1. The van der Waals surface area contributed by atoms with Crippen molar-refractivity contribution in [1.29, 1.82) is 0 Å². The molecule has 2 N–H and O–H groups in total. The van der Waals surface area contributed by atoms with Gasteiger partial charge in [0.15, 0.2) is 11.5 Å². The molecule has 0 spiro atoms. The molecule has 1 heterocycles. The largest absolute Gasteiger partial charge is 0.493 e. The van der Waals surface area contributed by atoms with Crippen molar-refractivity contribution in [3.63, 3.8) is 0 Å². The molecule has 112 valence electrons. The Hall–Kier alpha value is -0.970. The van der Waals surface area contributed by atoms with Gasteiger partial charge >= 0.3 is 0 Å². The third-order valence-corrected chi connectivity index (χ3v) is 4.53. The molecule has 0 aliphatic carbocycles. The van der Waals surface area contributed by atoms with Gasteiger partial charge in [0.1, 0.15) is 0 Å². The molecule has 2 unspecified atom stereocenters. The minimum Gasteiger partial charge on any atom is -0.493 e. The van der Waals surface area contributed by atoms with Crippen LogP contribution in [0.4, 0.5) is 0 Å². The van der Waals surface area contributed by atoms with Crippen molar-refractivity contribution in [2.45, 2.75) is 18.9 Å². The summed E-state index contributed by atoms with van der Waals surface area (Å²) in [5, 5.41) is 0.629. The maximum absolute atomic E-state index is 6.54. The van der Waals surface area contributed by atoms with Crippen LogP contribution in [0.1, 0.15) is 24.4 Å². The van der Waals surface area contributed by atoms with E-state index in [2.05, 4.69) is 11.9 Å². The second kappa shape index (κ2) is 6.66. The quantitative estimate of drug-likeness (QED) is 0.928. The van der Waals surface area contributed by atoms with E-state index in [1.807, 2.05) is 12.1 Å². The molecule has 1 aliphatic rings. The number of halogens is 1. The van der Waals surface area contributed by atoms with Crippen LogP contribution in [-0.4, -0.2) is 39.3 Å². The zero-order chi connectivity index (χ0) is 14.7. The highest BCUT2D eigenvalue weighted by atomic mass is 35.5. The molecule has 0 bridgehead atoms. The van der Waals surface area contributed by atoms with Crippen molar-refractivity contribution < 1.29 is 9.47 Å². The van der Waals surface area contributed by atoms with Gasteiger partial charge in [0.2, 0.25) is 0 Å². The van der Waals surface area contributed by atoms with E-state index in [-0.39, 0.29) is 6.04 Å². The Balaban J connectivity index is 2.45. The number of hydrogen-bond donors (Lipinski definition) is 1. The Morgan fingerprint density at radius 2 is 2.10 bits per heavy atom. The molecule has 0 radical (unpaired) electrons. The number of rotatable bonds is 4. The maximum Gasteiger partial charge on any atom is 0.179 e. The van der Waals surface area contributed by atoms with Gasteiger partial charge in [0, 0.05) is 6.04 Å². The third kappa shape index (κ3) is 2.73. The number of methoxy groups -OCH3 is 2. The van der Waals surface area contributed by atoms with Gasteiger partial charge in [0.05, 0.1) is 19.2 Å². The first-order chi connectivity index (χ1) is 9.63. The molecule has 1 saturated heterocycles. The van der Waals surface area contributed by atoms with Crippen molar-refractivity contribution in [2.24, 2.45) is 11.7 Å². The molecule has 0 amide bonds. The summed E-state index contributed by atoms with van der Waals surface area (Å²) in [5.74, 6) is 1.68. The fraction of sp³-hybridized carbons (Fsp3) is 0.600. The van der Waals surface area contributed by atoms with E-state index >= 15 is 0 Å². The van der Waals surface area contributed by atoms with Gasteiger partial charge in [-0.05, 0) is 50.5 Å². The average molecular weight is 299 g/mol. The van der Waals surface area contributed by atoms with Gasteiger partial charge in [0.25, 0.3) is 0 Å². The molecule has 1 fully saturated rings. The van der Waals surface area contributed by atoms with Gasteiger partial charge in [-0.3, -0.25) is 4.90 Å². The fourth-order valence-corrected chi connectivity index (χ4v) is 3.48. The highest BCUT2D eigenvalue weighted by Crippen LogP contribution is 2.44. The second-order valence-corrected chi connectivity index (χ2v) is 5.65. The lowest BCUT2D eigenvalue weighted by Gasteiger charge is -2.39. The van der Waals surface area contributed by atoms with Crippen molar-refractivity contribution in [2.75, 3.05) is 34.4 Å². The van der Waals surface area contributed by atoms with Crippen LogP contribution in [0.5, 0.6) is 11.5 Å². The highest BCUT2D eigenvalue weighted by molar-refractivity contribution is 6.33. The molecule has 2 atom stereocenters. The van der Waals surface area contributed by atoms with Crippen LogP contribution in [0.15, 0.2) is 12.1 Å². The minimum atomic E-state index is 0.237. The Kier molecular flexibility index (Phi) is 5.13. The highest BCUT2D eigenvalue weighted by Gasteiger charge is 2.32. The second-order valence-electron chi connectivity index (χ2n) is 5.27. The molecule has 0 saturated carbocycles. The summed E-state index contributed by atoms with van der Waals surface area (Å²) in [7, 11) is 5.35. The van der Waals surface area contributed by atoms with E-state index in [1.54, 1.807) is 14.2 Å². The van der Waals surface area contributed by atoms with Gasteiger partial charge in [-0.1, -0.05) is 17.7 Å². The molecule has 5 heteroatoms. The maximum atomic E-state index is 6.54. The lowest BCUT2D eigenvalue weighted by Crippen LogP contribution is -2.39. The Morgan fingerprint density at radius 3 is 2.70 bits per heavy atom. The molecule has 1 aromatic rings. The van der Waals surface area contributed by atoms with Crippen LogP contribution in [0.3, 0.4) is 0 Å². The van der Waals surface area contributed by atoms with Crippen LogP contribution < -0.4 is 15.2 Å². The predicted octanol–water partition coefficient (Wildman–Crippen LogP) is 2.70. The molecule has 1 aromatic carbocycles. The van der Waals surface area contributed by atoms with Crippen LogP contribution in [0, 0.1) is 5.92 Å². The first-order valence-electron chi connectivity index (χ1n) is 6.94. The van der Waals surface area contributed by atoms with E-state index in [1.165, 1.54) is 6.42 Å². The van der Waals surface area contributed by atoms with Crippen LogP contribution in [-0.2, 0) is 0 Å². The van der Waals surface area contributed by atoms with Crippen molar-refractivity contribution in [3.8, 4) is 11.5 Å². The number of likely N-dealkylation sites (tertiary alicyclic amines) is 1. The summed E-state index contributed by atoms with van der Waals surface area (Å²) in [6.07, 6.45) is 2.32. The Labute approximate surface area is 125 Å². The fourth-order valence-electron chi connectivity index (χ4n) is 3.13. The summed E-state index contributed by atoms with van der Waals surface area (Å²) in [6.45, 7) is 1.73. The smallest absolute Gasteiger partial charge is 0.179 e. The number of nitrogens with zero attached hydrogens (tertiary/aromatic N) is 1. The molecule has 0 aromatic heterocycles. The van der Waals surface area contributed by atoms with Crippen molar-refractivity contribution >= 4 is 11.6 Å². The molecule has 4 nitrogen and oxygen atoms in total. The summed E-state index contributed by atoms with van der Waals surface area (Å²) in [5.41, 5.74) is 7.02. The average Bonchev–Trinajstić information content (AvgIpc) is 2.47. The third-order valence-electron chi connectivity index (χ3n) is 4.14. The van der Waals surface area contributed by atoms with E-state index in [4.69, 9.17) is 26.8 Å². The molecule has 2 rings (SSSR count). The number of hydrogen-bond acceptors (Lipinski definition) is 4. The summed E-state index contributed by atoms with van der Waals surface area (Å²) in [4.78, 5) is 2.33. The van der Waals surface area contributed by atoms with E-state index < -0.39 is 0 Å². The van der Waals surface area contributed by atoms with Gasteiger partial charge < -0.3 is 15.2 Å². The molecular formula is C15H23ClN2O2. The monoisotopic (exact) mass is 298 g/mol. The number of benzene rings is 1. The number of ether oxygens (including phenoxy) is 2. The first-order valence-corrected chi connectivity index (χ1v) is 7.32. The molecule has 1 aliphatic heterocycles. The Morgan fingerprint density at radius 1 is 1.35 bits per heavy atom. The zero-order valence-corrected chi connectivity index (χ0v) is 13.1. The summed E-state index contributed by atoms with van der Waals surface area (Å²) < 4.78 is 10.7. The summed E-state index contributed by atoms with van der Waals surface area (Å²) in [6, 6.07) is 4.18. The normalized spacial score (nSPS) is 23.6. The van der Waals surface area contributed by atoms with E-state index in [0.29, 0.717) is 29.0 Å². The molecular weight excluding hydrogens is 276 g/mol. The van der Waals surface area contributed by atoms with Gasteiger partial charge in [-0.2, -0.15) is 0 Å². The minimum absolute atomic E-state index is 0.237. The van der Waals surface area contributed by atoms with Crippen LogP contribution >= 0.6 is 11.6 Å². The van der Waals surface area contributed by atoms with Gasteiger partial charge in [-0.15, -0.1) is 0 Å². The summed E-state index contributed by atoms with van der Waals surface area (Å²) >= 11 is 6.54. The topological polar surface area (TPSA) is 47.7 Å². The standard InChI is InChI=1S/C15H23ClN2O2/c1-18-8-4-5-10(9-17)14(18)11-6-7-12(19-2)15(20-3)13(11)16/h6-7,10,14H,4-5,8-9,17H2,1-3H3. The van der Waals surface area contributed by atoms with E-state index in [9.17, 15) is 0 Å². The van der Waals surface area contributed by atoms with Crippen molar-refractivity contribution in [1.82, 2.24) is 4.90 Å². The first kappa shape index (κ1) is 15.4. The zero-order valence-electron chi connectivity index (χ0n) is 12.4. The van der Waals surface area contributed by atoms with Crippen LogP contribution in [0.25, 0.3) is 0 Å². The van der Waals surface area contributed by atoms with Gasteiger partial charge in [-0.25, -0.2) is 0 Å². The lowest BCUT2D eigenvalue weighted by atomic mass is 9.85.